The molecule has 5 rings (SSSR count). The summed E-state index contributed by atoms with van der Waals surface area (Å²) in [6.07, 6.45) is 4.83. The van der Waals surface area contributed by atoms with Crippen LogP contribution in [0.5, 0.6) is 0 Å². The van der Waals surface area contributed by atoms with Gasteiger partial charge < -0.3 is 15.2 Å². The van der Waals surface area contributed by atoms with Crippen molar-refractivity contribution in [1.29, 1.82) is 0 Å². The molecule has 3 heterocycles. The van der Waals surface area contributed by atoms with E-state index in [9.17, 15) is 4.79 Å². The van der Waals surface area contributed by atoms with Gasteiger partial charge in [-0.25, -0.2) is 9.97 Å². The van der Waals surface area contributed by atoms with Crippen molar-refractivity contribution in [3.8, 4) is 10.4 Å². The van der Waals surface area contributed by atoms with Gasteiger partial charge in [0.1, 0.15) is 17.0 Å². The van der Waals surface area contributed by atoms with Crippen LogP contribution in [0.3, 0.4) is 0 Å². The van der Waals surface area contributed by atoms with Gasteiger partial charge in [-0.2, -0.15) is 0 Å². The molecular weight excluding hydrogens is 430 g/mol. The summed E-state index contributed by atoms with van der Waals surface area (Å²) >= 11 is 1.66. The highest BCUT2D eigenvalue weighted by Gasteiger charge is 2.14. The number of nitrogens with one attached hydrogen (secondary N) is 2. The van der Waals surface area contributed by atoms with E-state index in [0.29, 0.717) is 19.5 Å². The van der Waals surface area contributed by atoms with Gasteiger partial charge >= 0.3 is 0 Å². The second-order valence-corrected chi connectivity index (χ2v) is 9.05. The molecular formula is C26H25N5OS. The Morgan fingerprint density at radius 1 is 1.06 bits per heavy atom. The van der Waals surface area contributed by atoms with Crippen LogP contribution in [0.4, 0.5) is 5.82 Å². The quantitative estimate of drug-likeness (QED) is 0.344. The van der Waals surface area contributed by atoms with Gasteiger partial charge in [-0.1, -0.05) is 48.5 Å². The number of thiophene rings is 1. The molecule has 0 aliphatic heterocycles. The number of anilines is 1. The van der Waals surface area contributed by atoms with E-state index in [0.717, 1.165) is 32.8 Å². The van der Waals surface area contributed by atoms with Crippen molar-refractivity contribution in [2.45, 2.75) is 12.8 Å². The molecule has 3 aromatic heterocycles. The summed E-state index contributed by atoms with van der Waals surface area (Å²) in [7, 11) is 1.97. The topological polar surface area (TPSA) is 73.9 Å². The second-order valence-electron chi connectivity index (χ2n) is 8.02. The molecule has 166 valence electrons. The lowest BCUT2D eigenvalue weighted by Crippen LogP contribution is -2.30. The molecule has 0 unspecified atom stereocenters. The summed E-state index contributed by atoms with van der Waals surface area (Å²) in [5.41, 5.74) is 3.52. The highest BCUT2D eigenvalue weighted by molar-refractivity contribution is 7.21. The number of aromatic nitrogens is 3. The minimum Gasteiger partial charge on any atom is -0.361 e. The summed E-state index contributed by atoms with van der Waals surface area (Å²) in [4.78, 5) is 28.8. The molecule has 0 atom stereocenters. The number of H-pyrrole nitrogens is 1. The van der Waals surface area contributed by atoms with Gasteiger partial charge in [-0.3, -0.25) is 4.79 Å². The largest absolute Gasteiger partial charge is 0.361 e. The van der Waals surface area contributed by atoms with Gasteiger partial charge in [-0.15, -0.1) is 11.3 Å². The molecule has 0 saturated heterocycles. The maximum atomic E-state index is 12.4. The van der Waals surface area contributed by atoms with E-state index in [1.54, 1.807) is 17.7 Å². The van der Waals surface area contributed by atoms with Crippen molar-refractivity contribution in [3.63, 3.8) is 0 Å². The molecule has 5 aromatic rings. The molecule has 0 aliphatic rings. The Hall–Kier alpha value is -3.71. The summed E-state index contributed by atoms with van der Waals surface area (Å²) in [5, 5.41) is 5.28. The molecule has 2 aromatic carbocycles. The predicted octanol–water partition coefficient (Wildman–Crippen LogP) is 5.02. The number of benzene rings is 2. The van der Waals surface area contributed by atoms with Crippen molar-refractivity contribution < 1.29 is 4.79 Å². The van der Waals surface area contributed by atoms with Crippen LogP contribution in [0.2, 0.25) is 0 Å². The average molecular weight is 456 g/mol. The Balaban J connectivity index is 1.18. The van der Waals surface area contributed by atoms with E-state index in [1.807, 2.05) is 48.5 Å². The van der Waals surface area contributed by atoms with Crippen LogP contribution in [0.15, 0.2) is 73.2 Å². The molecule has 0 fully saturated rings. The predicted molar refractivity (Wildman–Crippen MR) is 136 cm³/mol. The minimum absolute atomic E-state index is 0.0438. The molecule has 33 heavy (non-hydrogen) atoms. The molecule has 0 bridgehead atoms. The van der Waals surface area contributed by atoms with E-state index in [-0.39, 0.29) is 5.91 Å². The van der Waals surface area contributed by atoms with Crippen molar-refractivity contribution in [3.05, 3.63) is 78.8 Å². The smallest absolute Gasteiger partial charge is 0.221 e. The Labute approximate surface area is 196 Å². The zero-order chi connectivity index (χ0) is 22.6. The van der Waals surface area contributed by atoms with Crippen LogP contribution in [0, 0.1) is 0 Å². The zero-order valence-electron chi connectivity index (χ0n) is 18.4. The van der Waals surface area contributed by atoms with E-state index < -0.39 is 0 Å². The number of aromatic amines is 1. The maximum absolute atomic E-state index is 12.4. The van der Waals surface area contributed by atoms with E-state index in [1.165, 1.54) is 16.5 Å². The lowest BCUT2D eigenvalue weighted by molar-refractivity contribution is -0.120. The first-order valence-electron chi connectivity index (χ1n) is 11.0. The van der Waals surface area contributed by atoms with Crippen LogP contribution in [-0.2, 0) is 11.2 Å². The van der Waals surface area contributed by atoms with Gasteiger partial charge in [0, 0.05) is 48.5 Å². The third-order valence-corrected chi connectivity index (χ3v) is 6.89. The number of fused-ring (bicyclic) bond motifs is 2. The first-order valence-corrected chi connectivity index (χ1v) is 11.8. The van der Waals surface area contributed by atoms with Crippen molar-refractivity contribution >= 4 is 44.2 Å². The van der Waals surface area contributed by atoms with E-state index >= 15 is 0 Å². The number of hydrogen-bond acceptors (Lipinski definition) is 5. The van der Waals surface area contributed by atoms with Crippen LogP contribution < -0.4 is 10.2 Å². The fourth-order valence-electron chi connectivity index (χ4n) is 4.03. The number of hydrogen-bond donors (Lipinski definition) is 2. The normalized spacial score (nSPS) is 11.2. The SMILES string of the molecule is CN(CCC(=O)NCCc1c[nH]c2ccccc12)c1ncnc2sc(-c3ccccc3)cc12. The van der Waals surface area contributed by atoms with Gasteiger partial charge in [0.05, 0.1) is 5.39 Å². The lowest BCUT2D eigenvalue weighted by Gasteiger charge is -2.18. The van der Waals surface area contributed by atoms with Crippen molar-refractivity contribution in [2.75, 3.05) is 25.0 Å². The first-order chi connectivity index (χ1) is 16.2. The zero-order valence-corrected chi connectivity index (χ0v) is 19.2. The number of nitrogens with zero attached hydrogens (tertiary/aromatic N) is 3. The van der Waals surface area contributed by atoms with Gasteiger partial charge in [0.25, 0.3) is 0 Å². The van der Waals surface area contributed by atoms with Crippen LogP contribution in [0.25, 0.3) is 31.6 Å². The van der Waals surface area contributed by atoms with Crippen molar-refractivity contribution in [2.24, 2.45) is 0 Å². The third-order valence-electron chi connectivity index (χ3n) is 5.79. The van der Waals surface area contributed by atoms with E-state index in [4.69, 9.17) is 0 Å². The third kappa shape index (κ3) is 4.59. The van der Waals surface area contributed by atoms with Crippen molar-refractivity contribution in [1.82, 2.24) is 20.3 Å². The average Bonchev–Trinajstić information content (AvgIpc) is 3.47. The first kappa shape index (κ1) is 21.2. The summed E-state index contributed by atoms with van der Waals surface area (Å²) < 4.78 is 0. The van der Waals surface area contributed by atoms with Crippen LogP contribution in [-0.4, -0.2) is 41.0 Å². The molecule has 0 aliphatic carbocycles. The Morgan fingerprint density at radius 3 is 2.76 bits per heavy atom. The summed E-state index contributed by atoms with van der Waals surface area (Å²) in [5.74, 6) is 0.896. The van der Waals surface area contributed by atoms with E-state index in [2.05, 4.69) is 50.6 Å². The molecule has 0 spiro atoms. The number of carbonyl (C=O) groups is 1. The minimum atomic E-state index is 0.0438. The van der Waals surface area contributed by atoms with Crippen LogP contribution in [0.1, 0.15) is 12.0 Å². The monoisotopic (exact) mass is 455 g/mol. The Bertz CT molecular complexity index is 1390. The highest BCUT2D eigenvalue weighted by Crippen LogP contribution is 2.35. The molecule has 2 N–H and O–H groups in total. The van der Waals surface area contributed by atoms with Gasteiger partial charge in [-0.05, 0) is 29.7 Å². The Morgan fingerprint density at radius 2 is 1.88 bits per heavy atom. The van der Waals surface area contributed by atoms with Gasteiger partial charge in [0.2, 0.25) is 5.91 Å². The second kappa shape index (κ2) is 9.42. The number of amides is 1. The molecule has 0 radical (unpaired) electrons. The molecule has 7 heteroatoms. The summed E-state index contributed by atoms with van der Waals surface area (Å²) in [6, 6.07) is 20.7. The number of rotatable bonds is 8. The standard InChI is InChI=1S/C26H25N5OS/c1-31(14-12-24(32)27-13-11-19-16-28-22-10-6-5-9-20(19)22)25-21-15-23(18-7-3-2-4-8-18)33-26(21)30-17-29-25/h2-10,15-17,28H,11-14H2,1H3,(H,27,32). The molecule has 6 nitrogen and oxygen atoms in total. The molecule has 0 saturated carbocycles. The number of carbonyl (C=O) groups excluding carboxylic acids is 1. The fourth-order valence-corrected chi connectivity index (χ4v) is 5.03. The number of para-hydroxylation sites is 1. The maximum Gasteiger partial charge on any atom is 0.221 e. The highest BCUT2D eigenvalue weighted by atomic mass is 32.1. The fraction of sp³-hybridized carbons (Fsp3) is 0.192. The Kier molecular flexibility index (Phi) is 6.04. The molecule has 1 amide bonds. The van der Waals surface area contributed by atoms with Crippen LogP contribution >= 0.6 is 11.3 Å². The lowest BCUT2D eigenvalue weighted by atomic mass is 10.1. The summed E-state index contributed by atoms with van der Waals surface area (Å²) in [6.45, 7) is 1.20. The van der Waals surface area contributed by atoms with Gasteiger partial charge in [0.15, 0.2) is 0 Å².